The molecule has 0 spiro atoms. The first-order valence-corrected chi connectivity index (χ1v) is 7.84. The van der Waals surface area contributed by atoms with Crippen LogP contribution in [0.2, 0.25) is 0 Å². The van der Waals surface area contributed by atoms with Crippen molar-refractivity contribution >= 4 is 5.97 Å². The van der Waals surface area contributed by atoms with Crippen LogP contribution in [0.25, 0.3) is 0 Å². The van der Waals surface area contributed by atoms with E-state index < -0.39 is 5.97 Å². The van der Waals surface area contributed by atoms with Crippen molar-refractivity contribution in [2.75, 3.05) is 20.1 Å². The number of carbonyl (C=O) groups is 1. The van der Waals surface area contributed by atoms with Gasteiger partial charge in [0, 0.05) is 25.2 Å². The third-order valence-corrected chi connectivity index (χ3v) is 5.22. The van der Waals surface area contributed by atoms with Crippen molar-refractivity contribution in [3.63, 3.8) is 0 Å². The fourth-order valence-corrected chi connectivity index (χ4v) is 3.74. The maximum Gasteiger partial charge on any atom is 0.335 e. The number of hydrogen-bond acceptors (Lipinski definition) is 3. The molecule has 114 valence electrons. The summed E-state index contributed by atoms with van der Waals surface area (Å²) in [6.45, 7) is 5.34. The van der Waals surface area contributed by atoms with E-state index in [1.165, 1.54) is 18.4 Å². The number of fused-ring (bicyclic) bond motifs is 1. The summed E-state index contributed by atoms with van der Waals surface area (Å²) in [5.74, 6) is -0.798. The molecule has 2 atom stereocenters. The van der Waals surface area contributed by atoms with Crippen LogP contribution in [0.4, 0.5) is 0 Å². The first-order valence-electron chi connectivity index (χ1n) is 7.84. The van der Waals surface area contributed by atoms with Gasteiger partial charge in [0.2, 0.25) is 0 Å². The van der Waals surface area contributed by atoms with Crippen molar-refractivity contribution in [3.8, 4) is 0 Å². The van der Waals surface area contributed by atoms with Crippen LogP contribution in [-0.2, 0) is 13.0 Å². The molecule has 1 N–H and O–H groups in total. The highest BCUT2D eigenvalue weighted by atomic mass is 16.4. The average Bonchev–Trinajstić information content (AvgIpc) is 2.48. The number of carboxylic acids is 1. The van der Waals surface area contributed by atoms with E-state index in [0.717, 1.165) is 31.6 Å². The van der Waals surface area contributed by atoms with Crippen molar-refractivity contribution in [1.29, 1.82) is 0 Å². The molecule has 4 nitrogen and oxygen atoms in total. The summed E-state index contributed by atoms with van der Waals surface area (Å²) in [6.07, 6.45) is 3.29. The molecular weight excluding hydrogens is 264 g/mol. The Kier molecular flexibility index (Phi) is 4.00. The number of carboxylic acid groups (broad SMARTS) is 1. The summed E-state index contributed by atoms with van der Waals surface area (Å²) < 4.78 is 0. The third kappa shape index (κ3) is 2.83. The highest BCUT2D eigenvalue weighted by molar-refractivity contribution is 5.89. The predicted molar refractivity (Wildman–Crippen MR) is 82.6 cm³/mol. The van der Waals surface area contributed by atoms with Crippen LogP contribution in [0.1, 0.15) is 41.3 Å². The Morgan fingerprint density at radius 2 is 2.14 bits per heavy atom. The molecular formula is C17H24N2O2. The lowest BCUT2D eigenvalue weighted by atomic mass is 9.91. The minimum Gasteiger partial charge on any atom is -0.478 e. The number of nitrogens with zero attached hydrogens (tertiary/aromatic N) is 2. The fourth-order valence-electron chi connectivity index (χ4n) is 3.74. The summed E-state index contributed by atoms with van der Waals surface area (Å²) in [6, 6.07) is 6.97. The number of benzene rings is 1. The number of rotatable bonds is 2. The van der Waals surface area contributed by atoms with Crippen molar-refractivity contribution < 1.29 is 9.90 Å². The van der Waals surface area contributed by atoms with E-state index in [2.05, 4.69) is 29.8 Å². The molecule has 21 heavy (non-hydrogen) atoms. The van der Waals surface area contributed by atoms with E-state index in [4.69, 9.17) is 0 Å². The minimum atomic E-state index is -0.798. The number of likely N-dealkylation sites (tertiary alicyclic amines) is 1. The number of piperidine rings is 1. The number of aromatic carboxylic acids is 1. The molecule has 0 bridgehead atoms. The molecule has 0 saturated carbocycles. The molecule has 1 aromatic rings. The van der Waals surface area contributed by atoms with Gasteiger partial charge >= 0.3 is 5.97 Å². The molecule has 0 aliphatic carbocycles. The lowest BCUT2D eigenvalue weighted by molar-refractivity contribution is 0.0687. The molecule has 0 amide bonds. The molecule has 1 fully saturated rings. The van der Waals surface area contributed by atoms with Gasteiger partial charge in [0.25, 0.3) is 0 Å². The van der Waals surface area contributed by atoms with Crippen molar-refractivity contribution in [2.24, 2.45) is 0 Å². The molecule has 2 aliphatic rings. The molecule has 2 aliphatic heterocycles. The zero-order valence-corrected chi connectivity index (χ0v) is 12.9. The van der Waals surface area contributed by atoms with Crippen molar-refractivity contribution in [2.45, 2.75) is 44.8 Å². The van der Waals surface area contributed by atoms with Gasteiger partial charge in [-0.15, -0.1) is 0 Å². The van der Waals surface area contributed by atoms with Gasteiger partial charge in [0.15, 0.2) is 0 Å². The highest BCUT2D eigenvalue weighted by Gasteiger charge is 2.30. The van der Waals surface area contributed by atoms with Crippen LogP contribution >= 0.6 is 0 Å². The molecule has 1 aromatic carbocycles. The van der Waals surface area contributed by atoms with Gasteiger partial charge in [-0.2, -0.15) is 0 Å². The van der Waals surface area contributed by atoms with Gasteiger partial charge in [-0.1, -0.05) is 12.1 Å². The molecule has 2 unspecified atom stereocenters. The normalized spacial score (nSPS) is 27.3. The largest absolute Gasteiger partial charge is 0.478 e. The molecule has 4 heteroatoms. The summed E-state index contributed by atoms with van der Waals surface area (Å²) in [4.78, 5) is 16.3. The van der Waals surface area contributed by atoms with E-state index in [0.29, 0.717) is 17.6 Å². The second-order valence-corrected chi connectivity index (χ2v) is 6.48. The Morgan fingerprint density at radius 1 is 1.33 bits per heavy atom. The van der Waals surface area contributed by atoms with Gasteiger partial charge in [0.05, 0.1) is 5.56 Å². The van der Waals surface area contributed by atoms with Crippen LogP contribution in [0, 0.1) is 0 Å². The SMILES string of the molecule is CC1CC(N2CCc3c(cccc3C(=O)O)C2)CCN1C. The first-order chi connectivity index (χ1) is 10.1. The zero-order chi connectivity index (χ0) is 15.0. The molecule has 2 heterocycles. The third-order valence-electron chi connectivity index (χ3n) is 5.22. The van der Waals surface area contributed by atoms with Crippen molar-refractivity contribution in [3.05, 3.63) is 34.9 Å². The Bertz CT molecular complexity index is 544. The monoisotopic (exact) mass is 288 g/mol. The Morgan fingerprint density at radius 3 is 2.86 bits per heavy atom. The maximum atomic E-state index is 11.3. The van der Waals surface area contributed by atoms with Crippen LogP contribution < -0.4 is 0 Å². The van der Waals surface area contributed by atoms with Crippen molar-refractivity contribution in [1.82, 2.24) is 9.80 Å². The quantitative estimate of drug-likeness (QED) is 0.906. The summed E-state index contributed by atoms with van der Waals surface area (Å²) in [7, 11) is 2.20. The van der Waals surface area contributed by atoms with E-state index in [1.54, 1.807) is 6.07 Å². The molecule has 1 saturated heterocycles. The van der Waals surface area contributed by atoms with Crippen LogP contribution in [0.3, 0.4) is 0 Å². The van der Waals surface area contributed by atoms with Crippen LogP contribution in [0.5, 0.6) is 0 Å². The lowest BCUT2D eigenvalue weighted by Gasteiger charge is -2.42. The second kappa shape index (κ2) is 5.78. The summed E-state index contributed by atoms with van der Waals surface area (Å²) in [5.41, 5.74) is 2.74. The minimum absolute atomic E-state index is 0.490. The zero-order valence-electron chi connectivity index (χ0n) is 12.9. The van der Waals surface area contributed by atoms with Gasteiger partial charge in [0.1, 0.15) is 0 Å². The van der Waals surface area contributed by atoms with Gasteiger partial charge in [-0.25, -0.2) is 4.79 Å². The van der Waals surface area contributed by atoms with Crippen LogP contribution in [-0.4, -0.2) is 53.1 Å². The van der Waals surface area contributed by atoms with Gasteiger partial charge < -0.3 is 10.0 Å². The predicted octanol–water partition coefficient (Wildman–Crippen LogP) is 2.23. The maximum absolute atomic E-state index is 11.3. The van der Waals surface area contributed by atoms with E-state index in [-0.39, 0.29) is 0 Å². The number of hydrogen-bond donors (Lipinski definition) is 1. The van der Waals surface area contributed by atoms with Crippen LogP contribution in [0.15, 0.2) is 18.2 Å². The van der Waals surface area contributed by atoms with E-state index >= 15 is 0 Å². The van der Waals surface area contributed by atoms with E-state index in [1.807, 2.05) is 6.07 Å². The Labute approximate surface area is 126 Å². The topological polar surface area (TPSA) is 43.8 Å². The first kappa shape index (κ1) is 14.5. The summed E-state index contributed by atoms with van der Waals surface area (Å²) >= 11 is 0. The Hall–Kier alpha value is -1.39. The van der Waals surface area contributed by atoms with Gasteiger partial charge in [-0.05, 0) is 57.0 Å². The molecule has 0 radical (unpaired) electrons. The second-order valence-electron chi connectivity index (χ2n) is 6.48. The average molecular weight is 288 g/mol. The summed E-state index contributed by atoms with van der Waals surface area (Å²) in [5, 5.41) is 9.30. The molecule has 3 rings (SSSR count). The fraction of sp³-hybridized carbons (Fsp3) is 0.588. The van der Waals surface area contributed by atoms with E-state index in [9.17, 15) is 9.90 Å². The lowest BCUT2D eigenvalue weighted by Crippen LogP contribution is -2.48. The standard InChI is InChI=1S/C17H24N2O2/c1-12-10-14(6-8-18(12)2)19-9-7-15-13(11-19)4-3-5-16(15)17(20)21/h3-5,12,14H,6-11H2,1-2H3,(H,20,21). The van der Waals surface area contributed by atoms with Gasteiger partial charge in [-0.3, -0.25) is 4.90 Å². The molecule has 0 aromatic heterocycles. The smallest absolute Gasteiger partial charge is 0.335 e. The Balaban J connectivity index is 1.76. The highest BCUT2D eigenvalue weighted by Crippen LogP contribution is 2.28.